The molecule has 0 fully saturated rings. The van der Waals surface area contributed by atoms with Crippen molar-refractivity contribution in [3.8, 4) is 10.7 Å². The van der Waals surface area contributed by atoms with Gasteiger partial charge >= 0.3 is 0 Å². The lowest BCUT2D eigenvalue weighted by Crippen LogP contribution is -2.20. The molecule has 0 aliphatic carbocycles. The van der Waals surface area contributed by atoms with Crippen molar-refractivity contribution < 1.29 is 0 Å². The van der Waals surface area contributed by atoms with Gasteiger partial charge in [-0.25, -0.2) is 9.97 Å². The van der Waals surface area contributed by atoms with E-state index in [-0.39, 0.29) is 0 Å². The van der Waals surface area contributed by atoms with Crippen LogP contribution in [0.2, 0.25) is 0 Å². The number of nitrogens with zero attached hydrogens (tertiary/aromatic N) is 3. The molecule has 1 N–H and O–H groups in total. The summed E-state index contributed by atoms with van der Waals surface area (Å²) in [5.74, 6) is 1.42. The molecule has 18 heavy (non-hydrogen) atoms. The van der Waals surface area contributed by atoms with Crippen LogP contribution in [0, 0.1) is 12.8 Å². The number of hydrogen-bond acceptors (Lipinski definition) is 5. The first-order valence-corrected chi connectivity index (χ1v) is 6.97. The SMILES string of the molecule is Cc1cc(CNCC(C)C)nc(-c2cncs2)n1. The van der Waals surface area contributed by atoms with E-state index >= 15 is 0 Å². The molecule has 0 aliphatic rings. The predicted molar refractivity (Wildman–Crippen MR) is 74.4 cm³/mol. The van der Waals surface area contributed by atoms with E-state index in [1.807, 2.05) is 19.2 Å². The Bertz CT molecular complexity index is 494. The Labute approximate surface area is 112 Å². The molecule has 0 saturated heterocycles. The van der Waals surface area contributed by atoms with Gasteiger partial charge in [0.1, 0.15) is 0 Å². The maximum Gasteiger partial charge on any atom is 0.171 e. The third-order valence-electron chi connectivity index (χ3n) is 2.42. The van der Waals surface area contributed by atoms with E-state index in [2.05, 4.69) is 34.1 Å². The second-order valence-electron chi connectivity index (χ2n) is 4.71. The first-order valence-electron chi connectivity index (χ1n) is 6.09. The van der Waals surface area contributed by atoms with E-state index in [0.29, 0.717) is 5.92 Å². The van der Waals surface area contributed by atoms with Crippen LogP contribution in [0.1, 0.15) is 25.2 Å². The average molecular weight is 262 g/mol. The molecule has 0 radical (unpaired) electrons. The van der Waals surface area contributed by atoms with Gasteiger partial charge < -0.3 is 5.32 Å². The summed E-state index contributed by atoms with van der Waals surface area (Å²) in [6.45, 7) is 8.17. The molecule has 96 valence electrons. The van der Waals surface area contributed by atoms with Crippen molar-refractivity contribution in [1.82, 2.24) is 20.3 Å². The highest BCUT2D eigenvalue weighted by atomic mass is 32.1. The zero-order chi connectivity index (χ0) is 13.0. The number of aromatic nitrogens is 3. The normalized spacial score (nSPS) is 11.1. The van der Waals surface area contributed by atoms with Gasteiger partial charge in [-0.3, -0.25) is 4.98 Å². The summed E-state index contributed by atoms with van der Waals surface area (Å²) >= 11 is 1.57. The molecule has 2 aromatic rings. The highest BCUT2D eigenvalue weighted by molar-refractivity contribution is 7.13. The largest absolute Gasteiger partial charge is 0.311 e. The van der Waals surface area contributed by atoms with Gasteiger partial charge in [-0.05, 0) is 25.5 Å². The third kappa shape index (κ3) is 3.58. The summed E-state index contributed by atoms with van der Waals surface area (Å²) in [6, 6.07) is 2.03. The molecule has 0 atom stereocenters. The molecule has 0 saturated carbocycles. The second-order valence-corrected chi connectivity index (χ2v) is 5.60. The van der Waals surface area contributed by atoms with Crippen LogP contribution in [0.25, 0.3) is 10.7 Å². The maximum absolute atomic E-state index is 4.57. The van der Waals surface area contributed by atoms with E-state index in [1.54, 1.807) is 16.8 Å². The number of nitrogens with one attached hydrogen (secondary N) is 1. The number of thiazole rings is 1. The van der Waals surface area contributed by atoms with Crippen LogP contribution >= 0.6 is 11.3 Å². The Kier molecular flexibility index (Phi) is 4.38. The van der Waals surface area contributed by atoms with E-state index in [9.17, 15) is 0 Å². The Morgan fingerprint density at radius 2 is 2.17 bits per heavy atom. The van der Waals surface area contributed by atoms with Crippen LogP contribution in [0.3, 0.4) is 0 Å². The minimum absolute atomic E-state index is 0.647. The lowest BCUT2D eigenvalue weighted by molar-refractivity contribution is 0.548. The maximum atomic E-state index is 4.57. The summed E-state index contributed by atoms with van der Waals surface area (Å²) in [7, 11) is 0. The van der Waals surface area contributed by atoms with Crippen LogP contribution in [0.4, 0.5) is 0 Å². The Hall–Kier alpha value is -1.33. The minimum Gasteiger partial charge on any atom is -0.311 e. The van der Waals surface area contributed by atoms with Crippen molar-refractivity contribution in [2.45, 2.75) is 27.3 Å². The quantitative estimate of drug-likeness (QED) is 0.900. The van der Waals surface area contributed by atoms with Gasteiger partial charge in [-0.15, -0.1) is 11.3 Å². The molecule has 4 nitrogen and oxygen atoms in total. The van der Waals surface area contributed by atoms with E-state index < -0.39 is 0 Å². The van der Waals surface area contributed by atoms with Gasteiger partial charge in [-0.1, -0.05) is 13.8 Å². The van der Waals surface area contributed by atoms with Gasteiger partial charge in [0.15, 0.2) is 5.82 Å². The second kappa shape index (κ2) is 6.02. The lowest BCUT2D eigenvalue weighted by atomic mass is 10.2. The van der Waals surface area contributed by atoms with Gasteiger partial charge in [0.05, 0.1) is 16.1 Å². The number of hydrogen-bond donors (Lipinski definition) is 1. The summed E-state index contributed by atoms with van der Waals surface area (Å²) in [5, 5.41) is 3.40. The van der Waals surface area contributed by atoms with E-state index in [0.717, 1.165) is 35.2 Å². The summed E-state index contributed by atoms with van der Waals surface area (Å²) in [5.41, 5.74) is 3.83. The minimum atomic E-state index is 0.647. The van der Waals surface area contributed by atoms with Gasteiger partial charge in [0.2, 0.25) is 0 Å². The molecule has 5 heteroatoms. The number of aryl methyl sites for hydroxylation is 1. The van der Waals surface area contributed by atoms with Gasteiger partial charge in [0, 0.05) is 18.4 Å². The van der Waals surface area contributed by atoms with E-state index in [4.69, 9.17) is 0 Å². The van der Waals surface area contributed by atoms with Crippen molar-refractivity contribution in [1.29, 1.82) is 0 Å². The van der Waals surface area contributed by atoms with Crippen molar-refractivity contribution in [3.63, 3.8) is 0 Å². The average Bonchev–Trinajstić information content (AvgIpc) is 2.81. The first-order chi connectivity index (χ1) is 8.65. The fourth-order valence-electron chi connectivity index (χ4n) is 1.65. The highest BCUT2D eigenvalue weighted by Crippen LogP contribution is 2.19. The van der Waals surface area contributed by atoms with Gasteiger partial charge in [0.25, 0.3) is 0 Å². The molecule has 2 rings (SSSR count). The molecule has 2 heterocycles. The monoisotopic (exact) mass is 262 g/mol. The molecule has 0 spiro atoms. The van der Waals surface area contributed by atoms with Crippen molar-refractivity contribution in [2.75, 3.05) is 6.54 Å². The van der Waals surface area contributed by atoms with Crippen molar-refractivity contribution >= 4 is 11.3 Å². The topological polar surface area (TPSA) is 50.7 Å². The molecule has 2 aromatic heterocycles. The van der Waals surface area contributed by atoms with E-state index in [1.165, 1.54) is 0 Å². The van der Waals surface area contributed by atoms with Crippen molar-refractivity contribution in [3.05, 3.63) is 29.2 Å². The zero-order valence-corrected chi connectivity index (χ0v) is 11.8. The molecular formula is C13H18N4S. The highest BCUT2D eigenvalue weighted by Gasteiger charge is 2.06. The fraction of sp³-hybridized carbons (Fsp3) is 0.462. The summed E-state index contributed by atoms with van der Waals surface area (Å²) in [6.07, 6.45) is 1.81. The van der Waals surface area contributed by atoms with Crippen LogP contribution in [-0.2, 0) is 6.54 Å². The fourth-order valence-corrected chi connectivity index (χ4v) is 2.20. The predicted octanol–water partition coefficient (Wildman–Crippen LogP) is 2.65. The Balaban J connectivity index is 2.12. The van der Waals surface area contributed by atoms with Crippen LogP contribution in [0.5, 0.6) is 0 Å². The molecule has 0 amide bonds. The Morgan fingerprint density at radius 3 is 2.83 bits per heavy atom. The molecule has 0 bridgehead atoms. The molecular weight excluding hydrogens is 244 g/mol. The molecule has 0 unspecified atom stereocenters. The lowest BCUT2D eigenvalue weighted by Gasteiger charge is -2.08. The molecule has 0 aliphatic heterocycles. The van der Waals surface area contributed by atoms with Crippen molar-refractivity contribution in [2.24, 2.45) is 5.92 Å². The van der Waals surface area contributed by atoms with Gasteiger partial charge in [-0.2, -0.15) is 0 Å². The van der Waals surface area contributed by atoms with Crippen LogP contribution in [-0.4, -0.2) is 21.5 Å². The summed E-state index contributed by atoms with van der Waals surface area (Å²) in [4.78, 5) is 14.1. The third-order valence-corrected chi connectivity index (χ3v) is 3.19. The first kappa shape index (κ1) is 13.1. The smallest absolute Gasteiger partial charge is 0.171 e. The Morgan fingerprint density at radius 1 is 1.33 bits per heavy atom. The molecule has 0 aromatic carbocycles. The number of rotatable bonds is 5. The zero-order valence-electron chi connectivity index (χ0n) is 11.0. The summed E-state index contributed by atoms with van der Waals surface area (Å²) < 4.78 is 0. The van der Waals surface area contributed by atoms with Crippen LogP contribution < -0.4 is 5.32 Å². The van der Waals surface area contributed by atoms with Crippen LogP contribution in [0.15, 0.2) is 17.8 Å². The standard InChI is InChI=1S/C13H18N4S/c1-9(2)5-14-6-11-4-10(3)16-13(17-11)12-7-15-8-18-12/h4,7-9,14H,5-6H2,1-3H3.